The summed E-state index contributed by atoms with van der Waals surface area (Å²) < 4.78 is 0.987. The average molecular weight is 286 g/mol. The van der Waals surface area contributed by atoms with E-state index in [0.29, 0.717) is 6.54 Å². The molecule has 90 valence electrons. The number of β-amino-alcohol motifs (C(OH)–C–C–N with tert-alkyl or cyclic N) is 1. The molecule has 0 bridgehead atoms. The van der Waals surface area contributed by atoms with Gasteiger partial charge in [-0.2, -0.15) is 0 Å². The van der Waals surface area contributed by atoms with E-state index in [1.165, 1.54) is 0 Å². The van der Waals surface area contributed by atoms with Crippen LogP contribution in [0.3, 0.4) is 0 Å². The van der Waals surface area contributed by atoms with Crippen molar-refractivity contribution in [2.75, 3.05) is 6.54 Å². The van der Waals surface area contributed by atoms with Crippen molar-refractivity contribution in [1.29, 1.82) is 0 Å². The lowest BCUT2D eigenvalue weighted by molar-refractivity contribution is 0.0501. The maximum atomic E-state index is 10.4. The molecule has 1 unspecified atom stereocenters. The van der Waals surface area contributed by atoms with Crippen molar-refractivity contribution < 1.29 is 5.11 Å². The van der Waals surface area contributed by atoms with Gasteiger partial charge in [0.2, 0.25) is 0 Å². The van der Waals surface area contributed by atoms with Gasteiger partial charge >= 0.3 is 0 Å². The molecule has 3 heteroatoms. The van der Waals surface area contributed by atoms with Gasteiger partial charge in [-0.25, -0.2) is 0 Å². The van der Waals surface area contributed by atoms with Crippen LogP contribution in [0.4, 0.5) is 0 Å². The predicted octanol–water partition coefficient (Wildman–Crippen LogP) is 3.04. The van der Waals surface area contributed by atoms with Gasteiger partial charge in [-0.05, 0) is 45.4 Å². The van der Waals surface area contributed by atoms with Gasteiger partial charge in [0.05, 0.1) is 5.60 Å². The van der Waals surface area contributed by atoms with Crippen LogP contribution in [0.2, 0.25) is 0 Å². The summed E-state index contributed by atoms with van der Waals surface area (Å²) in [5, 5.41) is 13.7. The summed E-state index contributed by atoms with van der Waals surface area (Å²) in [7, 11) is 0. The Morgan fingerprint density at radius 1 is 1.25 bits per heavy atom. The zero-order valence-corrected chi connectivity index (χ0v) is 11.9. The lowest BCUT2D eigenvalue weighted by atomic mass is 9.95. The van der Waals surface area contributed by atoms with E-state index in [1.807, 2.05) is 31.2 Å². The highest BCUT2D eigenvalue weighted by molar-refractivity contribution is 9.10. The normalized spacial score (nSPS) is 15.9. The first-order chi connectivity index (χ1) is 7.21. The van der Waals surface area contributed by atoms with Crippen molar-refractivity contribution in [2.45, 2.75) is 38.8 Å². The van der Waals surface area contributed by atoms with E-state index in [1.54, 1.807) is 0 Å². The van der Waals surface area contributed by atoms with Gasteiger partial charge in [0, 0.05) is 16.6 Å². The summed E-state index contributed by atoms with van der Waals surface area (Å²) in [4.78, 5) is 0. The maximum Gasteiger partial charge on any atom is 0.0992 e. The van der Waals surface area contributed by atoms with Gasteiger partial charge in [0.1, 0.15) is 0 Å². The van der Waals surface area contributed by atoms with E-state index in [9.17, 15) is 5.11 Å². The van der Waals surface area contributed by atoms with Crippen molar-refractivity contribution in [3.05, 3.63) is 34.3 Å². The zero-order valence-electron chi connectivity index (χ0n) is 10.3. The van der Waals surface area contributed by atoms with Crippen LogP contribution in [0.1, 0.15) is 33.3 Å². The molecule has 1 rings (SSSR count). The first kappa shape index (κ1) is 13.7. The van der Waals surface area contributed by atoms with Crippen molar-refractivity contribution in [2.24, 2.45) is 0 Å². The lowest BCUT2D eigenvalue weighted by Crippen LogP contribution is -2.44. The molecule has 0 radical (unpaired) electrons. The van der Waals surface area contributed by atoms with E-state index in [4.69, 9.17) is 0 Å². The Morgan fingerprint density at radius 2 is 1.88 bits per heavy atom. The van der Waals surface area contributed by atoms with Crippen molar-refractivity contribution >= 4 is 15.9 Å². The Labute approximate surface area is 106 Å². The van der Waals surface area contributed by atoms with Crippen molar-refractivity contribution in [3.8, 4) is 0 Å². The molecule has 1 aromatic carbocycles. The molecule has 1 aromatic rings. The molecule has 0 aliphatic rings. The van der Waals surface area contributed by atoms with Crippen LogP contribution in [-0.2, 0) is 5.60 Å². The minimum absolute atomic E-state index is 0.00992. The summed E-state index contributed by atoms with van der Waals surface area (Å²) in [6, 6.07) is 7.78. The summed E-state index contributed by atoms with van der Waals surface area (Å²) in [6.07, 6.45) is 0. The van der Waals surface area contributed by atoms with Crippen LogP contribution in [-0.4, -0.2) is 17.2 Å². The first-order valence-corrected chi connectivity index (χ1v) is 6.23. The minimum atomic E-state index is -0.850. The molecule has 0 aliphatic carbocycles. The number of hydrogen-bond donors (Lipinski definition) is 2. The second kappa shape index (κ2) is 4.86. The Kier molecular flexibility index (Phi) is 4.16. The van der Waals surface area contributed by atoms with Gasteiger partial charge in [-0.1, -0.05) is 28.1 Å². The molecule has 0 amide bonds. The largest absolute Gasteiger partial charge is 0.384 e. The van der Waals surface area contributed by atoms with E-state index in [-0.39, 0.29) is 5.54 Å². The highest BCUT2D eigenvalue weighted by atomic mass is 79.9. The van der Waals surface area contributed by atoms with Gasteiger partial charge < -0.3 is 10.4 Å². The molecule has 16 heavy (non-hydrogen) atoms. The zero-order chi connectivity index (χ0) is 12.4. The molecule has 2 nitrogen and oxygen atoms in total. The Morgan fingerprint density at radius 3 is 2.38 bits per heavy atom. The van der Waals surface area contributed by atoms with Crippen LogP contribution in [0.15, 0.2) is 28.7 Å². The quantitative estimate of drug-likeness (QED) is 0.895. The Bertz CT molecular complexity index is 355. The molecule has 0 saturated carbocycles. The van der Waals surface area contributed by atoms with Crippen LogP contribution in [0, 0.1) is 0 Å². The van der Waals surface area contributed by atoms with Crippen molar-refractivity contribution in [1.82, 2.24) is 5.32 Å². The fourth-order valence-electron chi connectivity index (χ4n) is 1.36. The number of aliphatic hydroxyl groups is 1. The molecule has 0 saturated heterocycles. The SMILES string of the molecule is CC(C)(C)NCC(C)(O)c1cccc(Br)c1. The standard InChI is InChI=1S/C13H20BrNO/c1-12(2,3)15-9-13(4,16)10-6-5-7-11(14)8-10/h5-8,15-16H,9H2,1-4H3. The highest BCUT2D eigenvalue weighted by Crippen LogP contribution is 2.23. The Hall–Kier alpha value is -0.380. The molecule has 0 fully saturated rings. The predicted molar refractivity (Wildman–Crippen MR) is 71.5 cm³/mol. The number of halogens is 1. The monoisotopic (exact) mass is 285 g/mol. The van der Waals surface area contributed by atoms with Gasteiger partial charge in [-0.3, -0.25) is 0 Å². The number of hydrogen-bond acceptors (Lipinski definition) is 2. The topological polar surface area (TPSA) is 32.3 Å². The molecular formula is C13H20BrNO. The number of nitrogens with one attached hydrogen (secondary N) is 1. The fourth-order valence-corrected chi connectivity index (χ4v) is 1.76. The van der Waals surface area contributed by atoms with Gasteiger partial charge in [0.15, 0.2) is 0 Å². The lowest BCUT2D eigenvalue weighted by Gasteiger charge is -2.30. The Balaban J connectivity index is 2.77. The third-order valence-electron chi connectivity index (χ3n) is 2.41. The molecule has 0 heterocycles. The number of rotatable bonds is 3. The minimum Gasteiger partial charge on any atom is -0.384 e. The molecule has 2 N–H and O–H groups in total. The highest BCUT2D eigenvalue weighted by Gasteiger charge is 2.25. The van der Waals surface area contributed by atoms with Crippen LogP contribution < -0.4 is 5.32 Å². The van der Waals surface area contributed by atoms with Crippen LogP contribution in [0.5, 0.6) is 0 Å². The summed E-state index contributed by atoms with van der Waals surface area (Å²) in [5.41, 5.74) is 0.0752. The molecule has 0 spiro atoms. The second-order valence-electron chi connectivity index (χ2n) is 5.39. The van der Waals surface area contributed by atoms with Crippen molar-refractivity contribution in [3.63, 3.8) is 0 Å². The van der Waals surface area contributed by atoms with Crippen LogP contribution in [0.25, 0.3) is 0 Å². The van der Waals surface area contributed by atoms with E-state index < -0.39 is 5.60 Å². The average Bonchev–Trinajstić information content (AvgIpc) is 2.14. The summed E-state index contributed by atoms with van der Waals surface area (Å²) in [5.74, 6) is 0. The van der Waals surface area contributed by atoms with Crippen LogP contribution >= 0.6 is 15.9 Å². The smallest absolute Gasteiger partial charge is 0.0992 e. The molecule has 0 aromatic heterocycles. The third kappa shape index (κ3) is 4.24. The van der Waals surface area contributed by atoms with E-state index >= 15 is 0 Å². The second-order valence-corrected chi connectivity index (χ2v) is 6.30. The first-order valence-electron chi connectivity index (χ1n) is 5.44. The number of benzene rings is 1. The van der Waals surface area contributed by atoms with E-state index in [2.05, 4.69) is 42.0 Å². The summed E-state index contributed by atoms with van der Waals surface area (Å²) in [6.45, 7) is 8.62. The maximum absolute atomic E-state index is 10.4. The van der Waals surface area contributed by atoms with Gasteiger partial charge in [-0.15, -0.1) is 0 Å². The summed E-state index contributed by atoms with van der Waals surface area (Å²) >= 11 is 3.41. The molecule has 0 aliphatic heterocycles. The molecular weight excluding hydrogens is 266 g/mol. The molecule has 1 atom stereocenters. The third-order valence-corrected chi connectivity index (χ3v) is 2.90. The van der Waals surface area contributed by atoms with Gasteiger partial charge in [0.25, 0.3) is 0 Å². The van der Waals surface area contributed by atoms with E-state index in [0.717, 1.165) is 10.0 Å². The fraction of sp³-hybridized carbons (Fsp3) is 0.538.